The number of esters is 1. The van der Waals surface area contributed by atoms with Crippen molar-refractivity contribution in [2.45, 2.75) is 32.2 Å². The van der Waals surface area contributed by atoms with Gasteiger partial charge in [-0.1, -0.05) is 53.8 Å². The molecule has 4 aromatic rings. The summed E-state index contributed by atoms with van der Waals surface area (Å²) in [4.78, 5) is 32.2. The lowest BCUT2D eigenvalue weighted by molar-refractivity contribution is -0.158. The number of para-hydroxylation sites is 2. The van der Waals surface area contributed by atoms with Crippen LogP contribution >= 0.6 is 11.3 Å². The molecule has 0 unspecified atom stereocenters. The van der Waals surface area contributed by atoms with Crippen LogP contribution in [0.2, 0.25) is 0 Å². The normalized spacial score (nSPS) is 20.9. The number of hydrogen-bond donors (Lipinski definition) is 0. The second-order valence-corrected chi connectivity index (χ2v) is 11.0. The quantitative estimate of drug-likeness (QED) is 0.336. The molecule has 2 bridgehead atoms. The monoisotopic (exact) mass is 556 g/mol. The van der Waals surface area contributed by atoms with Crippen molar-refractivity contribution in [2.75, 3.05) is 14.2 Å². The molecule has 0 N–H and O–H groups in total. The second-order valence-electron chi connectivity index (χ2n) is 9.95. The van der Waals surface area contributed by atoms with E-state index in [1.807, 2.05) is 79.7 Å². The van der Waals surface area contributed by atoms with Crippen molar-refractivity contribution in [3.8, 4) is 17.2 Å². The zero-order valence-electron chi connectivity index (χ0n) is 22.5. The number of thiazole rings is 1. The molecule has 0 saturated carbocycles. The molecule has 0 aliphatic carbocycles. The van der Waals surface area contributed by atoms with E-state index in [9.17, 15) is 9.59 Å². The second kappa shape index (κ2) is 9.98. The molecule has 0 fully saturated rings. The highest BCUT2D eigenvalue weighted by Gasteiger charge is 2.55. The summed E-state index contributed by atoms with van der Waals surface area (Å²) in [7, 11) is 2.95. The first-order valence-electron chi connectivity index (χ1n) is 12.9. The number of aryl methyl sites for hydroxylation is 1. The Labute approximate surface area is 234 Å². The highest BCUT2D eigenvalue weighted by Crippen LogP contribution is 2.47. The molecular formula is C31H28N2O6S. The minimum atomic E-state index is -1.21. The van der Waals surface area contributed by atoms with Gasteiger partial charge in [-0.05, 0) is 55.3 Å². The third kappa shape index (κ3) is 4.26. The molecule has 0 radical (unpaired) electrons. The summed E-state index contributed by atoms with van der Waals surface area (Å²) >= 11 is 1.27. The molecule has 40 heavy (non-hydrogen) atoms. The summed E-state index contributed by atoms with van der Waals surface area (Å²) in [5.74, 6) is 0.799. The van der Waals surface area contributed by atoms with Crippen molar-refractivity contribution in [1.82, 2.24) is 4.57 Å². The Balaban J connectivity index is 1.44. The Morgan fingerprint density at radius 1 is 1.10 bits per heavy atom. The standard InChI is InChI=1S/C31H28N2O6S/c1-18-9-5-7-11-22(18)38-17-20-15-19(13-14-23(20)36-3)16-25-28(34)33-27-21-10-6-8-12-24(21)39-31(2,32-30(33)40-25)26(27)29(35)37-4/h5-16,26-27H,17H2,1-4H3/b25-16+/t26-,27-,31+/m0/s1. The average Bonchev–Trinajstić information content (AvgIpc) is 3.24. The first-order valence-corrected chi connectivity index (χ1v) is 13.7. The van der Waals surface area contributed by atoms with Gasteiger partial charge in [-0.15, -0.1) is 0 Å². The van der Waals surface area contributed by atoms with Crippen molar-refractivity contribution in [2.24, 2.45) is 10.9 Å². The first-order chi connectivity index (χ1) is 19.3. The Bertz CT molecular complexity index is 1810. The van der Waals surface area contributed by atoms with Crippen molar-refractivity contribution < 1.29 is 23.7 Å². The number of nitrogens with zero attached hydrogens (tertiary/aromatic N) is 2. The van der Waals surface area contributed by atoms with E-state index >= 15 is 0 Å². The third-order valence-corrected chi connectivity index (χ3v) is 8.40. The Hall–Kier alpha value is -4.37. The van der Waals surface area contributed by atoms with Gasteiger partial charge in [0.15, 0.2) is 4.80 Å². The molecule has 1 aromatic heterocycles. The van der Waals surface area contributed by atoms with Gasteiger partial charge in [0.25, 0.3) is 5.56 Å². The third-order valence-electron chi connectivity index (χ3n) is 7.41. The predicted molar refractivity (Wildman–Crippen MR) is 151 cm³/mol. The van der Waals surface area contributed by atoms with E-state index in [1.54, 1.807) is 18.6 Å². The van der Waals surface area contributed by atoms with Gasteiger partial charge >= 0.3 is 5.97 Å². The highest BCUT2D eigenvalue weighted by molar-refractivity contribution is 7.07. The van der Waals surface area contributed by atoms with Crippen molar-refractivity contribution in [1.29, 1.82) is 0 Å². The number of aromatic nitrogens is 1. The Morgan fingerprint density at radius 2 is 1.88 bits per heavy atom. The molecule has 3 aromatic carbocycles. The molecule has 204 valence electrons. The van der Waals surface area contributed by atoms with E-state index in [2.05, 4.69) is 0 Å². The summed E-state index contributed by atoms with van der Waals surface area (Å²) in [6.45, 7) is 4.07. The number of methoxy groups -OCH3 is 2. The fourth-order valence-electron chi connectivity index (χ4n) is 5.46. The maximum absolute atomic E-state index is 13.9. The van der Waals surface area contributed by atoms with Crippen LogP contribution in [0, 0.1) is 12.8 Å². The minimum Gasteiger partial charge on any atom is -0.496 e. The fraction of sp³-hybridized carbons (Fsp3) is 0.258. The summed E-state index contributed by atoms with van der Waals surface area (Å²) in [5, 5.41) is 0. The Kier molecular flexibility index (Phi) is 6.46. The van der Waals surface area contributed by atoms with Crippen molar-refractivity contribution in [3.63, 3.8) is 0 Å². The van der Waals surface area contributed by atoms with E-state index < -0.39 is 23.7 Å². The number of ether oxygens (including phenoxy) is 4. The molecule has 6 rings (SSSR count). The number of benzene rings is 3. The molecule has 2 aliphatic rings. The van der Waals surface area contributed by atoms with E-state index in [4.69, 9.17) is 23.9 Å². The number of hydrogen-bond acceptors (Lipinski definition) is 8. The highest BCUT2D eigenvalue weighted by atomic mass is 32.1. The molecule has 2 aliphatic heterocycles. The van der Waals surface area contributed by atoms with Gasteiger partial charge < -0.3 is 18.9 Å². The summed E-state index contributed by atoms with van der Waals surface area (Å²) in [6.07, 6.45) is 1.83. The van der Waals surface area contributed by atoms with E-state index in [0.29, 0.717) is 27.4 Å². The maximum Gasteiger partial charge on any atom is 0.317 e. The number of fused-ring (bicyclic) bond motifs is 6. The van der Waals surface area contributed by atoms with Gasteiger partial charge in [-0.25, -0.2) is 4.99 Å². The smallest absolute Gasteiger partial charge is 0.317 e. The summed E-state index contributed by atoms with van der Waals surface area (Å²) in [6, 6.07) is 20.4. The molecule has 0 saturated heterocycles. The predicted octanol–water partition coefficient (Wildman–Crippen LogP) is 3.76. The molecule has 3 heterocycles. The molecule has 9 heteroatoms. The van der Waals surface area contributed by atoms with Crippen LogP contribution in [-0.4, -0.2) is 30.5 Å². The van der Waals surface area contributed by atoms with Crippen molar-refractivity contribution >= 4 is 23.4 Å². The molecular weight excluding hydrogens is 528 g/mol. The van der Waals surface area contributed by atoms with Gasteiger partial charge in [-0.2, -0.15) is 0 Å². The van der Waals surface area contributed by atoms with Crippen molar-refractivity contribution in [3.05, 3.63) is 109 Å². The molecule has 8 nitrogen and oxygen atoms in total. The van der Waals surface area contributed by atoms with Crippen LogP contribution in [0.15, 0.2) is 76.5 Å². The van der Waals surface area contributed by atoms with Crippen LogP contribution in [0.1, 0.15) is 35.2 Å². The molecule has 0 amide bonds. The van der Waals surface area contributed by atoms with E-state index in [0.717, 1.165) is 28.0 Å². The number of carbonyl (C=O) groups excluding carboxylic acids is 1. The lowest BCUT2D eigenvalue weighted by atomic mass is 9.81. The van der Waals surface area contributed by atoms with Gasteiger partial charge in [0.05, 0.1) is 24.8 Å². The van der Waals surface area contributed by atoms with Crippen LogP contribution in [0.25, 0.3) is 6.08 Å². The Morgan fingerprint density at radius 3 is 2.65 bits per heavy atom. The van der Waals surface area contributed by atoms with Crippen LogP contribution in [0.4, 0.5) is 0 Å². The lowest BCUT2D eigenvalue weighted by Crippen LogP contribution is -2.58. The average molecular weight is 557 g/mol. The van der Waals surface area contributed by atoms with Gasteiger partial charge in [0.1, 0.15) is 29.8 Å². The van der Waals surface area contributed by atoms with Crippen LogP contribution in [0.5, 0.6) is 17.2 Å². The zero-order chi connectivity index (χ0) is 28.0. The van der Waals surface area contributed by atoms with Crippen LogP contribution < -0.4 is 29.1 Å². The largest absolute Gasteiger partial charge is 0.496 e. The fourth-order valence-corrected chi connectivity index (χ4v) is 6.56. The summed E-state index contributed by atoms with van der Waals surface area (Å²) < 4.78 is 25.1. The molecule has 3 atom stereocenters. The van der Waals surface area contributed by atoms with Gasteiger partial charge in [0, 0.05) is 11.1 Å². The van der Waals surface area contributed by atoms with Gasteiger partial charge in [0.2, 0.25) is 5.72 Å². The number of rotatable bonds is 6. The zero-order valence-corrected chi connectivity index (χ0v) is 23.4. The SMILES string of the molecule is COC(=O)[C@@H]1[C@@H]2c3ccccc3O[C@@]1(C)N=c1s/c(=C/c3ccc(OC)c(COc4ccccc4C)c3)c(=O)n12. The van der Waals surface area contributed by atoms with E-state index in [-0.39, 0.29) is 5.56 Å². The maximum atomic E-state index is 13.9. The van der Waals surface area contributed by atoms with Gasteiger partial charge in [-0.3, -0.25) is 14.2 Å². The van der Waals surface area contributed by atoms with E-state index in [1.165, 1.54) is 18.4 Å². The molecule has 0 spiro atoms. The van der Waals surface area contributed by atoms with Crippen LogP contribution in [0.3, 0.4) is 0 Å². The van der Waals surface area contributed by atoms with Crippen LogP contribution in [-0.2, 0) is 16.1 Å². The number of carbonyl (C=O) groups is 1. The summed E-state index contributed by atoms with van der Waals surface area (Å²) in [5.41, 5.74) is 2.02. The topological polar surface area (TPSA) is 88.4 Å². The lowest BCUT2D eigenvalue weighted by Gasteiger charge is -2.44. The minimum absolute atomic E-state index is 0.227. The first kappa shape index (κ1) is 25.9.